The summed E-state index contributed by atoms with van der Waals surface area (Å²) >= 11 is 1.66. The molecule has 2 aromatic heterocycles. The van der Waals surface area contributed by atoms with Gasteiger partial charge in [-0.15, -0.1) is 10.2 Å². The third-order valence-electron chi connectivity index (χ3n) is 5.06. The lowest BCUT2D eigenvalue weighted by molar-refractivity contribution is -0.193. The number of anilines is 1. The normalized spacial score (nSPS) is 18.8. The van der Waals surface area contributed by atoms with E-state index in [-0.39, 0.29) is 11.7 Å². The molecule has 1 atom stereocenters. The summed E-state index contributed by atoms with van der Waals surface area (Å²) in [6.07, 6.45) is -3.56. The second-order valence-electron chi connectivity index (χ2n) is 7.82. The maximum Gasteiger partial charge on any atom is 0.490 e. The molecule has 2 aromatic rings. The van der Waals surface area contributed by atoms with Gasteiger partial charge in [0.2, 0.25) is 5.13 Å². The maximum atomic E-state index is 10.6. The summed E-state index contributed by atoms with van der Waals surface area (Å²) in [5.41, 5.74) is -0.0386. The Morgan fingerprint density at radius 3 is 2.11 bits per heavy atom. The molecule has 0 radical (unpaired) electrons. The summed E-state index contributed by atoms with van der Waals surface area (Å²) in [6, 6.07) is 3.84. The number of alkyl halides is 6. The van der Waals surface area contributed by atoms with E-state index >= 15 is 0 Å². The minimum Gasteiger partial charge on any atom is -0.486 e. The van der Waals surface area contributed by atoms with E-state index in [4.69, 9.17) is 29.3 Å². The van der Waals surface area contributed by atoms with Gasteiger partial charge in [-0.3, -0.25) is 4.98 Å². The summed E-state index contributed by atoms with van der Waals surface area (Å²) in [5.74, 6) is -4.69. The van der Waals surface area contributed by atoms with Crippen molar-refractivity contribution in [1.29, 1.82) is 0 Å². The van der Waals surface area contributed by atoms with Crippen LogP contribution in [0.5, 0.6) is 5.75 Å². The van der Waals surface area contributed by atoms with Gasteiger partial charge >= 0.3 is 24.3 Å². The van der Waals surface area contributed by atoms with Crippen molar-refractivity contribution in [2.45, 2.75) is 50.2 Å². The zero-order valence-electron chi connectivity index (χ0n) is 19.1. The van der Waals surface area contributed by atoms with E-state index in [0.29, 0.717) is 6.61 Å². The van der Waals surface area contributed by atoms with E-state index in [1.807, 2.05) is 19.1 Å². The molecule has 1 unspecified atom stereocenters. The predicted octanol–water partition coefficient (Wildman–Crippen LogP) is 3.72. The van der Waals surface area contributed by atoms with E-state index in [9.17, 15) is 26.3 Å². The van der Waals surface area contributed by atoms with E-state index in [1.54, 1.807) is 23.7 Å². The van der Waals surface area contributed by atoms with Crippen LogP contribution in [0.1, 0.15) is 24.3 Å². The van der Waals surface area contributed by atoms with Gasteiger partial charge in [-0.1, -0.05) is 11.3 Å². The number of ether oxygens (including phenoxy) is 2. The van der Waals surface area contributed by atoms with Gasteiger partial charge < -0.3 is 24.6 Å². The van der Waals surface area contributed by atoms with Crippen LogP contribution in [0.25, 0.3) is 0 Å². The number of rotatable bonds is 3. The smallest absolute Gasteiger partial charge is 0.486 e. The van der Waals surface area contributed by atoms with Crippen LogP contribution in [-0.2, 0) is 14.3 Å². The Bertz CT molecular complexity index is 1000. The molecular weight excluding hydrogens is 538 g/mol. The summed E-state index contributed by atoms with van der Waals surface area (Å²) in [5, 5.41) is 24.6. The molecule has 2 aliphatic rings. The third-order valence-corrected chi connectivity index (χ3v) is 5.96. The fourth-order valence-corrected chi connectivity index (χ4v) is 4.09. The maximum absolute atomic E-state index is 10.6. The molecule has 37 heavy (non-hydrogen) atoms. The number of carboxylic acids is 2. The van der Waals surface area contributed by atoms with Crippen LogP contribution in [0.3, 0.4) is 0 Å². The lowest BCUT2D eigenvalue weighted by Crippen LogP contribution is -2.44. The van der Waals surface area contributed by atoms with Gasteiger partial charge in [-0.05, 0) is 31.9 Å². The second-order valence-corrected chi connectivity index (χ2v) is 8.98. The lowest BCUT2D eigenvalue weighted by atomic mass is 9.88. The molecule has 2 aliphatic heterocycles. The molecule has 0 aromatic carbocycles. The van der Waals surface area contributed by atoms with Gasteiger partial charge in [-0.25, -0.2) is 9.59 Å². The van der Waals surface area contributed by atoms with Crippen LogP contribution in [0.2, 0.25) is 0 Å². The largest absolute Gasteiger partial charge is 0.490 e. The van der Waals surface area contributed by atoms with E-state index < -0.39 is 24.3 Å². The molecule has 0 aliphatic carbocycles. The van der Waals surface area contributed by atoms with Gasteiger partial charge in [0.05, 0.1) is 18.4 Å². The number of piperidine rings is 1. The predicted molar refractivity (Wildman–Crippen MR) is 115 cm³/mol. The van der Waals surface area contributed by atoms with Gasteiger partial charge in [0.1, 0.15) is 16.9 Å². The average Bonchev–Trinajstić information content (AvgIpc) is 3.41. The fourth-order valence-electron chi connectivity index (χ4n) is 3.36. The molecule has 2 fully saturated rings. The third kappa shape index (κ3) is 9.64. The van der Waals surface area contributed by atoms with Crippen molar-refractivity contribution in [3.05, 3.63) is 29.5 Å². The molecular formula is C20H22F6N4O6S. The molecule has 4 heterocycles. The monoisotopic (exact) mass is 560 g/mol. The van der Waals surface area contributed by atoms with E-state index in [2.05, 4.69) is 20.1 Å². The molecule has 1 spiro atoms. The average molecular weight is 560 g/mol. The molecule has 4 rings (SSSR count). The van der Waals surface area contributed by atoms with Crippen LogP contribution >= 0.6 is 11.3 Å². The van der Waals surface area contributed by atoms with Gasteiger partial charge in [0.25, 0.3) is 0 Å². The Morgan fingerprint density at radius 1 is 1.11 bits per heavy atom. The van der Waals surface area contributed by atoms with Gasteiger partial charge in [0, 0.05) is 25.7 Å². The van der Waals surface area contributed by atoms with Crippen molar-refractivity contribution in [3.63, 3.8) is 0 Å². The number of pyridine rings is 1. The van der Waals surface area contributed by atoms with Gasteiger partial charge in [-0.2, -0.15) is 26.3 Å². The highest BCUT2D eigenvalue weighted by Gasteiger charge is 2.44. The van der Waals surface area contributed by atoms with Crippen molar-refractivity contribution >= 4 is 28.4 Å². The van der Waals surface area contributed by atoms with E-state index in [1.165, 1.54) is 0 Å². The number of nitrogens with zero attached hydrogens (tertiary/aromatic N) is 4. The number of aryl methyl sites for hydroxylation is 1. The first-order valence-corrected chi connectivity index (χ1v) is 11.3. The molecule has 0 saturated carbocycles. The van der Waals surface area contributed by atoms with Crippen LogP contribution in [0, 0.1) is 6.92 Å². The summed E-state index contributed by atoms with van der Waals surface area (Å²) in [4.78, 5) is 24.2. The molecule has 2 saturated heterocycles. The Balaban J connectivity index is 0.000000286. The molecule has 17 heteroatoms. The first-order valence-electron chi connectivity index (χ1n) is 10.5. The Kier molecular flexibility index (Phi) is 10.0. The number of halogens is 6. The highest BCUT2D eigenvalue weighted by atomic mass is 32.1. The SMILES string of the molecule is Cc1nnc(N2CCC3(CC2)CC(Oc2cccnc2)CO3)s1.O=C(O)C(F)(F)F.O=C(O)C(F)(F)F. The Morgan fingerprint density at radius 2 is 1.68 bits per heavy atom. The first kappa shape index (κ1) is 30.0. The minimum absolute atomic E-state index is 0.0386. The second kappa shape index (κ2) is 12.4. The molecule has 10 nitrogen and oxygen atoms in total. The quantitative estimate of drug-likeness (QED) is 0.535. The van der Waals surface area contributed by atoms with Crippen molar-refractivity contribution in [3.8, 4) is 5.75 Å². The molecule has 0 bridgehead atoms. The topological polar surface area (TPSA) is 135 Å². The number of hydrogen-bond acceptors (Lipinski definition) is 9. The highest BCUT2D eigenvalue weighted by molar-refractivity contribution is 7.15. The van der Waals surface area contributed by atoms with Crippen molar-refractivity contribution in [2.24, 2.45) is 0 Å². The minimum atomic E-state index is -5.08. The standard InChI is InChI=1S/C16H20N4O2S.2C2HF3O2/c1-12-18-19-15(23-12)20-7-4-16(5-8-20)9-14(11-21-16)22-13-3-2-6-17-10-13;2*3-2(4,5)1(6)7/h2-3,6,10,14H,4-5,7-9,11H2,1H3;2*(H,6,7). The highest BCUT2D eigenvalue weighted by Crippen LogP contribution is 2.38. The molecule has 0 amide bonds. The molecule has 206 valence electrons. The van der Waals surface area contributed by atoms with Crippen molar-refractivity contribution < 1.29 is 55.6 Å². The number of aromatic nitrogens is 3. The Hall–Kier alpha value is -3.21. The van der Waals surface area contributed by atoms with Crippen LogP contribution in [-0.4, -0.2) is 81.1 Å². The number of carbonyl (C=O) groups is 2. The van der Waals surface area contributed by atoms with Gasteiger partial charge in [0.15, 0.2) is 0 Å². The van der Waals surface area contributed by atoms with E-state index in [0.717, 1.165) is 48.2 Å². The zero-order chi connectivity index (χ0) is 27.9. The Labute approximate surface area is 209 Å². The fraction of sp³-hybridized carbons (Fsp3) is 0.550. The van der Waals surface area contributed by atoms with Crippen molar-refractivity contribution in [1.82, 2.24) is 15.2 Å². The first-order chi connectivity index (χ1) is 17.1. The van der Waals surface area contributed by atoms with Crippen molar-refractivity contribution in [2.75, 3.05) is 24.6 Å². The zero-order valence-corrected chi connectivity index (χ0v) is 19.9. The van der Waals surface area contributed by atoms with Crippen LogP contribution in [0.15, 0.2) is 24.5 Å². The molecule has 2 N–H and O–H groups in total. The summed E-state index contributed by atoms with van der Waals surface area (Å²) in [6.45, 7) is 4.59. The van der Waals surface area contributed by atoms with Crippen LogP contribution < -0.4 is 9.64 Å². The number of aliphatic carboxylic acids is 2. The number of hydrogen-bond donors (Lipinski definition) is 2. The summed E-state index contributed by atoms with van der Waals surface area (Å²) < 4.78 is 75.6. The summed E-state index contributed by atoms with van der Waals surface area (Å²) in [7, 11) is 0. The number of carboxylic acid groups (broad SMARTS) is 2. The lowest BCUT2D eigenvalue weighted by Gasteiger charge is -2.38. The van der Waals surface area contributed by atoms with Crippen LogP contribution in [0.4, 0.5) is 31.5 Å².